The topological polar surface area (TPSA) is 75.0 Å². The van der Waals surface area contributed by atoms with Crippen LogP contribution >= 0.6 is 0 Å². The molecule has 0 spiro atoms. The molecule has 200 valence electrons. The van der Waals surface area contributed by atoms with E-state index in [1.165, 1.54) is 6.07 Å². The Labute approximate surface area is 221 Å². The van der Waals surface area contributed by atoms with Gasteiger partial charge >= 0.3 is 0 Å². The molecule has 0 unspecified atom stereocenters. The van der Waals surface area contributed by atoms with Crippen molar-refractivity contribution in [2.24, 2.45) is 0 Å². The number of aryl methyl sites for hydroxylation is 1. The van der Waals surface area contributed by atoms with Crippen molar-refractivity contribution >= 4 is 22.8 Å². The Balaban J connectivity index is 1.36. The van der Waals surface area contributed by atoms with Gasteiger partial charge in [0.25, 0.3) is 0 Å². The number of aromatic nitrogens is 5. The number of likely N-dealkylation sites (N-methyl/N-ethyl adjacent to an activating group) is 1. The third-order valence-electron chi connectivity index (χ3n) is 7.33. The number of hydrogen-bond acceptors (Lipinski definition) is 7. The van der Waals surface area contributed by atoms with E-state index in [0.29, 0.717) is 22.7 Å². The number of fused-ring (bicyclic) bond motifs is 1. The second kappa shape index (κ2) is 9.99. The van der Waals surface area contributed by atoms with Gasteiger partial charge in [-0.1, -0.05) is 6.07 Å². The average molecular weight is 521 g/mol. The molecule has 1 fully saturated rings. The van der Waals surface area contributed by atoms with Gasteiger partial charge in [0, 0.05) is 49.5 Å². The Hall–Kier alpha value is -3.50. The van der Waals surface area contributed by atoms with E-state index in [1.54, 1.807) is 6.07 Å². The first-order chi connectivity index (χ1) is 18.0. The molecule has 3 aromatic heterocycles. The summed E-state index contributed by atoms with van der Waals surface area (Å²) in [5, 5.41) is 3.04. The molecular weight excluding hydrogens is 486 g/mol. The molecule has 5 rings (SSSR count). The standard InChI is InChI=1S/C28H34F2N8/c1-17(2)38-18(3)33-26-21(29)11-20(12-23(26)38)25-22(30)14-32-27(35-25)34-24-8-7-19(13-31-24)15-37-10-9-36(6)28(4,5)16-37/h7-8,11-14,17H,9-10,15-16H2,1-6H3,(H,31,32,34,35). The second-order valence-corrected chi connectivity index (χ2v) is 11.0. The number of pyridine rings is 1. The van der Waals surface area contributed by atoms with Crippen LogP contribution in [-0.2, 0) is 6.54 Å². The predicted octanol–water partition coefficient (Wildman–Crippen LogP) is 5.33. The molecule has 0 atom stereocenters. The van der Waals surface area contributed by atoms with Crippen molar-refractivity contribution in [3.05, 3.63) is 59.7 Å². The van der Waals surface area contributed by atoms with E-state index in [9.17, 15) is 8.78 Å². The van der Waals surface area contributed by atoms with Gasteiger partial charge in [-0.05, 0) is 65.4 Å². The summed E-state index contributed by atoms with van der Waals surface area (Å²) in [5.41, 5.74) is 2.42. The minimum atomic E-state index is -0.639. The normalized spacial score (nSPS) is 16.4. The van der Waals surface area contributed by atoms with Crippen LogP contribution < -0.4 is 5.32 Å². The molecule has 0 aliphatic carbocycles. The number of anilines is 2. The van der Waals surface area contributed by atoms with Crippen molar-refractivity contribution in [2.75, 3.05) is 32.0 Å². The highest BCUT2D eigenvalue weighted by atomic mass is 19.1. The fourth-order valence-electron chi connectivity index (χ4n) is 5.13. The van der Waals surface area contributed by atoms with Crippen molar-refractivity contribution in [3.63, 3.8) is 0 Å². The summed E-state index contributed by atoms with van der Waals surface area (Å²) in [4.78, 5) is 22.1. The van der Waals surface area contributed by atoms with Crippen molar-refractivity contribution < 1.29 is 8.78 Å². The first-order valence-corrected chi connectivity index (χ1v) is 12.9. The van der Waals surface area contributed by atoms with Crippen molar-refractivity contribution in [3.8, 4) is 11.3 Å². The minimum absolute atomic E-state index is 0.00626. The second-order valence-electron chi connectivity index (χ2n) is 11.0. The number of halogens is 2. The zero-order chi connectivity index (χ0) is 27.2. The van der Waals surface area contributed by atoms with Gasteiger partial charge in [0.1, 0.15) is 22.9 Å². The van der Waals surface area contributed by atoms with Gasteiger partial charge in [0.15, 0.2) is 11.6 Å². The fraction of sp³-hybridized carbons (Fsp3) is 0.429. The van der Waals surface area contributed by atoms with Gasteiger partial charge in [-0.2, -0.15) is 0 Å². The van der Waals surface area contributed by atoms with Crippen LogP contribution in [-0.4, -0.2) is 66.5 Å². The zero-order valence-corrected chi connectivity index (χ0v) is 22.8. The molecule has 38 heavy (non-hydrogen) atoms. The van der Waals surface area contributed by atoms with Crippen molar-refractivity contribution in [2.45, 2.75) is 52.7 Å². The van der Waals surface area contributed by atoms with E-state index in [1.807, 2.05) is 43.7 Å². The van der Waals surface area contributed by atoms with E-state index in [-0.39, 0.29) is 28.7 Å². The van der Waals surface area contributed by atoms with Gasteiger partial charge in [0.05, 0.1) is 11.7 Å². The van der Waals surface area contributed by atoms with E-state index in [4.69, 9.17) is 0 Å². The molecule has 4 heterocycles. The Morgan fingerprint density at radius 1 is 1.03 bits per heavy atom. The van der Waals surface area contributed by atoms with Gasteiger partial charge in [-0.25, -0.2) is 28.7 Å². The highest BCUT2D eigenvalue weighted by Crippen LogP contribution is 2.30. The lowest BCUT2D eigenvalue weighted by Crippen LogP contribution is -2.57. The lowest BCUT2D eigenvalue weighted by molar-refractivity contribution is 0.0359. The molecule has 1 N–H and O–H groups in total. The number of nitrogens with zero attached hydrogens (tertiary/aromatic N) is 7. The van der Waals surface area contributed by atoms with E-state index in [0.717, 1.165) is 37.9 Å². The highest BCUT2D eigenvalue weighted by Gasteiger charge is 2.30. The molecule has 0 amide bonds. The van der Waals surface area contributed by atoms with Crippen LogP contribution in [0, 0.1) is 18.6 Å². The van der Waals surface area contributed by atoms with Gasteiger partial charge < -0.3 is 9.88 Å². The van der Waals surface area contributed by atoms with Crippen molar-refractivity contribution in [1.29, 1.82) is 0 Å². The Kier molecular flexibility index (Phi) is 6.87. The number of piperazine rings is 1. The van der Waals surface area contributed by atoms with Crippen LogP contribution in [0.4, 0.5) is 20.5 Å². The molecule has 4 aromatic rings. The van der Waals surface area contributed by atoms with Crippen LogP contribution in [0.15, 0.2) is 36.7 Å². The monoisotopic (exact) mass is 520 g/mol. The predicted molar refractivity (Wildman–Crippen MR) is 145 cm³/mol. The van der Waals surface area contributed by atoms with Crippen molar-refractivity contribution in [1.82, 2.24) is 34.3 Å². The Morgan fingerprint density at radius 2 is 1.82 bits per heavy atom. The lowest BCUT2D eigenvalue weighted by Gasteiger charge is -2.45. The molecule has 8 nitrogen and oxygen atoms in total. The molecule has 0 radical (unpaired) electrons. The number of rotatable bonds is 6. The maximum Gasteiger partial charge on any atom is 0.229 e. The third kappa shape index (κ3) is 5.10. The maximum atomic E-state index is 15.0. The van der Waals surface area contributed by atoms with Gasteiger partial charge in [0.2, 0.25) is 5.95 Å². The molecular formula is C28H34F2N8. The Bertz CT molecular complexity index is 1460. The summed E-state index contributed by atoms with van der Waals surface area (Å²) in [6.45, 7) is 14.2. The minimum Gasteiger partial charge on any atom is -0.326 e. The first kappa shape index (κ1) is 26.1. The molecule has 1 aromatic carbocycles. The molecule has 1 aliphatic heterocycles. The SMILES string of the molecule is Cc1nc2c(F)cc(-c3nc(Nc4ccc(CN5CCN(C)C(C)(C)C5)cn4)ncc3F)cc2n1C(C)C. The number of nitrogens with one attached hydrogen (secondary N) is 1. The maximum absolute atomic E-state index is 15.0. The first-order valence-electron chi connectivity index (χ1n) is 12.9. The largest absolute Gasteiger partial charge is 0.326 e. The van der Waals surface area contributed by atoms with Crippen LogP contribution in [0.2, 0.25) is 0 Å². The summed E-state index contributed by atoms with van der Waals surface area (Å²) < 4.78 is 31.7. The Morgan fingerprint density at radius 3 is 2.50 bits per heavy atom. The molecule has 0 bridgehead atoms. The summed E-state index contributed by atoms with van der Waals surface area (Å²) >= 11 is 0. The van der Waals surface area contributed by atoms with Crippen LogP contribution in [0.3, 0.4) is 0 Å². The molecule has 10 heteroatoms. The molecule has 1 saturated heterocycles. The number of imidazole rings is 1. The highest BCUT2D eigenvalue weighted by molar-refractivity contribution is 5.83. The van der Waals surface area contributed by atoms with E-state index in [2.05, 4.69) is 55.9 Å². The summed E-state index contributed by atoms with van der Waals surface area (Å²) in [7, 11) is 2.17. The number of benzene rings is 1. The fourth-order valence-corrected chi connectivity index (χ4v) is 5.13. The number of hydrogen-bond donors (Lipinski definition) is 1. The molecule has 0 saturated carbocycles. The van der Waals surface area contributed by atoms with Crippen LogP contribution in [0.25, 0.3) is 22.3 Å². The zero-order valence-electron chi connectivity index (χ0n) is 22.8. The van der Waals surface area contributed by atoms with E-state index < -0.39 is 11.6 Å². The average Bonchev–Trinajstić information content (AvgIpc) is 3.20. The lowest BCUT2D eigenvalue weighted by atomic mass is 9.99. The van der Waals surface area contributed by atoms with Gasteiger partial charge in [-0.3, -0.25) is 9.80 Å². The van der Waals surface area contributed by atoms with E-state index >= 15 is 0 Å². The van der Waals surface area contributed by atoms with Gasteiger partial charge in [-0.15, -0.1) is 0 Å². The molecule has 1 aliphatic rings. The summed E-state index contributed by atoms with van der Waals surface area (Å²) in [6, 6.07) is 6.93. The quantitative estimate of drug-likeness (QED) is 0.369. The van der Waals surface area contributed by atoms with Crippen LogP contribution in [0.1, 0.15) is 45.1 Å². The van der Waals surface area contributed by atoms with Crippen LogP contribution in [0.5, 0.6) is 0 Å². The summed E-state index contributed by atoms with van der Waals surface area (Å²) in [5.74, 6) is 0.257. The third-order valence-corrected chi connectivity index (χ3v) is 7.33. The summed E-state index contributed by atoms with van der Waals surface area (Å²) in [6.07, 6.45) is 2.91. The smallest absolute Gasteiger partial charge is 0.229 e.